The third-order valence-electron chi connectivity index (χ3n) is 6.18. The number of benzene rings is 2. The number of aliphatic carboxylic acids is 1. The number of amides is 1. The summed E-state index contributed by atoms with van der Waals surface area (Å²) in [5.74, 6) is -1.46. The number of aromatic amines is 1. The van der Waals surface area contributed by atoms with Crippen molar-refractivity contribution in [2.45, 2.75) is 39.2 Å². The van der Waals surface area contributed by atoms with Gasteiger partial charge < -0.3 is 15.0 Å². The van der Waals surface area contributed by atoms with Gasteiger partial charge >= 0.3 is 5.97 Å². The lowest BCUT2D eigenvalue weighted by Crippen LogP contribution is -2.50. The lowest BCUT2D eigenvalue weighted by molar-refractivity contribution is -0.130. The molecule has 32 heavy (non-hydrogen) atoms. The van der Waals surface area contributed by atoms with Gasteiger partial charge in [0.15, 0.2) is 0 Å². The molecule has 2 heterocycles. The number of nitrogens with zero attached hydrogens (tertiary/aromatic N) is 1. The van der Waals surface area contributed by atoms with E-state index in [1.807, 2.05) is 38.1 Å². The summed E-state index contributed by atoms with van der Waals surface area (Å²) in [4.78, 5) is 30.9. The number of para-hydroxylation sites is 1. The molecule has 0 radical (unpaired) electrons. The number of rotatable bonds is 3. The van der Waals surface area contributed by atoms with E-state index in [4.69, 9.17) is 23.2 Å². The van der Waals surface area contributed by atoms with Crippen LogP contribution in [0.1, 0.15) is 49.3 Å². The second kappa shape index (κ2) is 7.98. The lowest BCUT2D eigenvalue weighted by atomic mass is 9.71. The first-order valence-corrected chi connectivity index (χ1v) is 11.1. The predicted molar refractivity (Wildman–Crippen MR) is 128 cm³/mol. The molecule has 2 N–H and O–H groups in total. The van der Waals surface area contributed by atoms with Crippen molar-refractivity contribution in [2.24, 2.45) is 5.92 Å². The van der Waals surface area contributed by atoms with E-state index in [2.05, 4.69) is 18.8 Å². The quantitative estimate of drug-likeness (QED) is 0.467. The Morgan fingerprint density at radius 3 is 2.44 bits per heavy atom. The van der Waals surface area contributed by atoms with Gasteiger partial charge in [0.2, 0.25) is 0 Å². The first-order valence-electron chi connectivity index (χ1n) is 10.4. The van der Waals surface area contributed by atoms with Gasteiger partial charge in [-0.1, -0.05) is 69.1 Å². The molecule has 166 valence electrons. The smallest absolute Gasteiger partial charge is 0.339 e. The van der Waals surface area contributed by atoms with Gasteiger partial charge in [-0.15, -0.1) is 0 Å². The van der Waals surface area contributed by atoms with E-state index in [9.17, 15) is 14.7 Å². The van der Waals surface area contributed by atoms with Crippen molar-refractivity contribution in [3.05, 3.63) is 75.5 Å². The van der Waals surface area contributed by atoms with Crippen LogP contribution in [0.4, 0.5) is 0 Å². The van der Waals surface area contributed by atoms with Crippen molar-refractivity contribution in [2.75, 3.05) is 0 Å². The molecule has 5 nitrogen and oxygen atoms in total. The molecule has 0 fully saturated rings. The third kappa shape index (κ3) is 3.50. The van der Waals surface area contributed by atoms with Gasteiger partial charge in [0.1, 0.15) is 0 Å². The van der Waals surface area contributed by atoms with Crippen LogP contribution in [-0.2, 0) is 10.2 Å². The molecule has 1 aromatic heterocycles. The number of H-pyrrole nitrogens is 1. The van der Waals surface area contributed by atoms with Gasteiger partial charge in [-0.05, 0) is 35.7 Å². The maximum atomic E-state index is 13.7. The zero-order valence-corrected chi connectivity index (χ0v) is 19.8. The summed E-state index contributed by atoms with van der Waals surface area (Å²) in [6.07, 6.45) is 1.45. The number of fused-ring (bicyclic) bond motifs is 3. The van der Waals surface area contributed by atoms with Crippen LogP contribution >= 0.6 is 23.2 Å². The fourth-order valence-corrected chi connectivity index (χ4v) is 5.59. The lowest BCUT2D eigenvalue weighted by Gasteiger charge is -2.42. The van der Waals surface area contributed by atoms with Gasteiger partial charge in [-0.2, -0.15) is 0 Å². The normalized spacial score (nSPS) is 17.8. The number of carboxylic acid groups (broad SMARTS) is 1. The number of carbonyl (C=O) groups excluding carboxylic acids is 1. The van der Waals surface area contributed by atoms with Crippen LogP contribution in [-0.4, -0.2) is 32.9 Å². The molecule has 0 saturated carbocycles. The van der Waals surface area contributed by atoms with Gasteiger partial charge in [0.05, 0.1) is 21.9 Å². The number of nitrogens with one attached hydrogen (secondary N) is 1. The summed E-state index contributed by atoms with van der Waals surface area (Å²) in [6.45, 7) is 8.17. The van der Waals surface area contributed by atoms with E-state index in [1.54, 1.807) is 12.1 Å². The number of hydrogen-bond acceptors (Lipinski definition) is 2. The standard InChI is InChI=1S/C25H24Cl2N2O3/c1-13(2)22-25(3,4)20-16-7-5-6-8-19(16)28-21(20)17(24(31)32)12-29(22)23(30)15-10-9-14(26)11-18(15)27/h5-13,22,28H,1-4H3,(H,31,32). The Morgan fingerprint density at radius 1 is 1.12 bits per heavy atom. The summed E-state index contributed by atoms with van der Waals surface area (Å²) in [6, 6.07) is 12.1. The molecule has 1 atom stereocenters. The minimum absolute atomic E-state index is 0.0194. The minimum atomic E-state index is -1.11. The zero-order valence-electron chi connectivity index (χ0n) is 18.2. The SMILES string of the molecule is CC(C)C1N(C(=O)c2ccc(Cl)cc2Cl)C=C(C(=O)O)c2[nH]c3ccccc3c2C1(C)C. The Morgan fingerprint density at radius 2 is 1.81 bits per heavy atom. The molecule has 3 aromatic rings. The van der Waals surface area contributed by atoms with Crippen LogP contribution < -0.4 is 0 Å². The van der Waals surface area contributed by atoms with Crippen molar-refractivity contribution >= 4 is 51.6 Å². The Hall–Kier alpha value is -2.76. The number of hydrogen-bond donors (Lipinski definition) is 2. The molecule has 0 spiro atoms. The Labute approximate surface area is 196 Å². The van der Waals surface area contributed by atoms with Gasteiger partial charge in [0.25, 0.3) is 5.91 Å². The average molecular weight is 471 g/mol. The largest absolute Gasteiger partial charge is 0.478 e. The fraction of sp³-hybridized carbons (Fsp3) is 0.280. The first kappa shape index (κ1) is 22.4. The summed E-state index contributed by atoms with van der Waals surface area (Å²) in [5, 5.41) is 11.7. The van der Waals surface area contributed by atoms with Gasteiger partial charge in [0, 0.05) is 33.6 Å². The summed E-state index contributed by atoms with van der Waals surface area (Å²) in [7, 11) is 0. The summed E-state index contributed by atoms with van der Waals surface area (Å²) >= 11 is 12.4. The minimum Gasteiger partial charge on any atom is -0.478 e. The molecule has 7 heteroatoms. The molecule has 1 aliphatic rings. The summed E-state index contributed by atoms with van der Waals surface area (Å²) < 4.78 is 0. The average Bonchev–Trinajstić information content (AvgIpc) is 3.05. The Kier molecular flexibility index (Phi) is 5.60. The van der Waals surface area contributed by atoms with Gasteiger partial charge in [-0.25, -0.2) is 4.79 Å². The Bertz CT molecular complexity index is 1270. The van der Waals surface area contributed by atoms with E-state index < -0.39 is 11.4 Å². The molecule has 0 bridgehead atoms. The van der Waals surface area contributed by atoms with Crippen LogP contribution in [0.3, 0.4) is 0 Å². The van der Waals surface area contributed by atoms with Crippen molar-refractivity contribution in [1.29, 1.82) is 0 Å². The van der Waals surface area contributed by atoms with Crippen molar-refractivity contribution < 1.29 is 14.7 Å². The molecule has 0 aliphatic carbocycles. The molecule has 2 aromatic carbocycles. The van der Waals surface area contributed by atoms with Gasteiger partial charge in [-0.3, -0.25) is 4.79 Å². The molecular weight excluding hydrogens is 447 g/mol. The van der Waals surface area contributed by atoms with E-state index >= 15 is 0 Å². The highest BCUT2D eigenvalue weighted by Crippen LogP contribution is 2.45. The molecular formula is C25H24Cl2N2O3. The highest BCUT2D eigenvalue weighted by atomic mass is 35.5. The monoisotopic (exact) mass is 470 g/mol. The molecule has 4 rings (SSSR count). The van der Waals surface area contributed by atoms with E-state index in [-0.39, 0.29) is 34.0 Å². The first-order chi connectivity index (χ1) is 15.0. The number of carboxylic acids is 1. The zero-order chi connectivity index (χ0) is 23.4. The highest BCUT2D eigenvalue weighted by Gasteiger charge is 2.45. The second-order valence-corrected chi connectivity index (χ2v) is 9.86. The number of halogens is 2. The van der Waals surface area contributed by atoms with Crippen LogP contribution in [0, 0.1) is 5.92 Å². The van der Waals surface area contributed by atoms with Crippen LogP contribution in [0.25, 0.3) is 16.5 Å². The molecule has 0 saturated heterocycles. The summed E-state index contributed by atoms with van der Waals surface area (Å²) in [5.41, 5.74) is 2.00. The van der Waals surface area contributed by atoms with Crippen molar-refractivity contribution in [3.8, 4) is 0 Å². The molecule has 1 unspecified atom stereocenters. The third-order valence-corrected chi connectivity index (χ3v) is 6.73. The highest BCUT2D eigenvalue weighted by molar-refractivity contribution is 6.36. The fourth-order valence-electron chi connectivity index (χ4n) is 5.10. The maximum Gasteiger partial charge on any atom is 0.339 e. The predicted octanol–water partition coefficient (Wildman–Crippen LogP) is 6.36. The van der Waals surface area contributed by atoms with E-state index in [0.717, 1.165) is 16.5 Å². The van der Waals surface area contributed by atoms with E-state index in [1.165, 1.54) is 17.2 Å². The molecule has 1 amide bonds. The topological polar surface area (TPSA) is 73.4 Å². The second-order valence-electron chi connectivity index (χ2n) is 9.02. The van der Waals surface area contributed by atoms with Crippen LogP contribution in [0.5, 0.6) is 0 Å². The number of carbonyl (C=O) groups is 2. The van der Waals surface area contributed by atoms with Crippen molar-refractivity contribution in [3.63, 3.8) is 0 Å². The Balaban J connectivity index is 2.02. The molecule has 1 aliphatic heterocycles. The van der Waals surface area contributed by atoms with E-state index in [0.29, 0.717) is 10.7 Å². The maximum absolute atomic E-state index is 13.7. The number of aromatic nitrogens is 1. The van der Waals surface area contributed by atoms with Crippen LogP contribution in [0.2, 0.25) is 10.0 Å². The van der Waals surface area contributed by atoms with Crippen LogP contribution in [0.15, 0.2) is 48.7 Å². The van der Waals surface area contributed by atoms with Crippen molar-refractivity contribution in [1.82, 2.24) is 9.88 Å².